The zero-order valence-corrected chi connectivity index (χ0v) is 16.2. The Morgan fingerprint density at radius 3 is 2.59 bits per heavy atom. The molecule has 8 heteroatoms. The van der Waals surface area contributed by atoms with E-state index in [9.17, 15) is 17.6 Å². The van der Waals surface area contributed by atoms with Gasteiger partial charge in [-0.15, -0.1) is 0 Å². The van der Waals surface area contributed by atoms with Gasteiger partial charge in [-0.25, -0.2) is 17.5 Å². The minimum atomic E-state index is -4.19. The summed E-state index contributed by atoms with van der Waals surface area (Å²) in [6.45, 7) is 0. The first-order valence-corrected chi connectivity index (χ1v) is 10.9. The van der Waals surface area contributed by atoms with Gasteiger partial charge >= 0.3 is 5.91 Å². The lowest BCUT2D eigenvalue weighted by Crippen LogP contribution is -2.30. The minimum absolute atomic E-state index is 0.000984. The van der Waals surface area contributed by atoms with E-state index in [1.165, 1.54) is 18.2 Å². The number of hydrogen-bond donors (Lipinski definition) is 1. The van der Waals surface area contributed by atoms with Gasteiger partial charge in [0, 0.05) is 6.07 Å². The van der Waals surface area contributed by atoms with Crippen molar-refractivity contribution >= 4 is 26.9 Å². The van der Waals surface area contributed by atoms with Crippen molar-refractivity contribution in [2.75, 3.05) is 0 Å². The molecular formula is C21H18FNO5S. The molecule has 5 rings (SSSR count). The molecule has 1 heterocycles. The lowest BCUT2D eigenvalue weighted by Gasteiger charge is -2.11. The van der Waals surface area contributed by atoms with Crippen LogP contribution in [0.1, 0.15) is 47.7 Å². The Bertz CT molecular complexity index is 1230. The third-order valence-corrected chi connectivity index (χ3v) is 6.44. The molecule has 0 radical (unpaired) electrons. The van der Waals surface area contributed by atoms with E-state index in [0.29, 0.717) is 5.92 Å². The van der Waals surface area contributed by atoms with Crippen LogP contribution >= 0.6 is 0 Å². The van der Waals surface area contributed by atoms with E-state index in [-0.39, 0.29) is 33.5 Å². The van der Waals surface area contributed by atoms with Gasteiger partial charge in [-0.2, -0.15) is 0 Å². The van der Waals surface area contributed by atoms with Crippen molar-refractivity contribution in [1.29, 1.82) is 0 Å². The van der Waals surface area contributed by atoms with Gasteiger partial charge in [-0.3, -0.25) is 4.79 Å². The van der Waals surface area contributed by atoms with Gasteiger partial charge in [-0.1, -0.05) is 12.1 Å². The molecule has 2 saturated carbocycles. The van der Waals surface area contributed by atoms with Crippen molar-refractivity contribution in [2.24, 2.45) is 0 Å². The number of carbonyl (C=O) groups excluding carboxylic acids is 1. The van der Waals surface area contributed by atoms with Crippen LogP contribution in [0, 0.1) is 5.82 Å². The molecule has 2 fully saturated rings. The Balaban J connectivity index is 1.43. The predicted octanol–water partition coefficient (Wildman–Crippen LogP) is 4.11. The number of fused-ring (bicyclic) bond motifs is 1. The summed E-state index contributed by atoms with van der Waals surface area (Å²) in [5, 5.41) is 0.148. The molecule has 0 spiro atoms. The Morgan fingerprint density at radius 2 is 1.86 bits per heavy atom. The number of nitrogens with one attached hydrogen (secondary N) is 1. The number of furan rings is 1. The number of ether oxygens (including phenoxy) is 1. The standard InChI is InChI=1S/C21H18FNO5S/c22-16-9-13(12-5-6-12)10-18-15(16)11-19(28-18)21(24)23-29(25,26)20-4-2-1-3-17(20)27-14-7-8-14/h1-4,9-12,14H,5-8H2,(H,23,24). The summed E-state index contributed by atoms with van der Waals surface area (Å²) >= 11 is 0. The molecule has 0 saturated heterocycles. The van der Waals surface area contributed by atoms with Crippen LogP contribution in [0.2, 0.25) is 0 Å². The molecular weight excluding hydrogens is 397 g/mol. The summed E-state index contributed by atoms with van der Waals surface area (Å²) < 4.78 is 52.9. The first-order chi connectivity index (χ1) is 13.9. The van der Waals surface area contributed by atoms with Crippen LogP contribution in [0.3, 0.4) is 0 Å². The smallest absolute Gasteiger partial charge is 0.300 e. The van der Waals surface area contributed by atoms with Gasteiger partial charge in [0.05, 0.1) is 11.5 Å². The summed E-state index contributed by atoms with van der Waals surface area (Å²) in [5.41, 5.74) is 1.06. The van der Waals surface area contributed by atoms with E-state index in [1.54, 1.807) is 24.3 Å². The minimum Gasteiger partial charge on any atom is -0.489 e. The van der Waals surface area contributed by atoms with Crippen molar-refractivity contribution in [2.45, 2.75) is 42.6 Å². The molecule has 6 nitrogen and oxygen atoms in total. The summed E-state index contributed by atoms with van der Waals surface area (Å²) in [6, 6.07) is 10.5. The predicted molar refractivity (Wildman–Crippen MR) is 103 cm³/mol. The molecule has 0 bridgehead atoms. The van der Waals surface area contributed by atoms with Crippen LogP contribution in [0.15, 0.2) is 51.8 Å². The fourth-order valence-electron chi connectivity index (χ4n) is 3.24. The zero-order chi connectivity index (χ0) is 20.2. The molecule has 2 aliphatic rings. The highest BCUT2D eigenvalue weighted by Gasteiger charge is 2.30. The molecule has 2 aromatic carbocycles. The highest BCUT2D eigenvalue weighted by Crippen LogP contribution is 2.42. The van der Waals surface area contributed by atoms with Gasteiger partial charge in [0.1, 0.15) is 22.0 Å². The lowest BCUT2D eigenvalue weighted by molar-refractivity contribution is 0.0956. The molecule has 150 valence electrons. The molecule has 1 N–H and O–H groups in total. The van der Waals surface area contributed by atoms with Crippen LogP contribution < -0.4 is 9.46 Å². The molecule has 29 heavy (non-hydrogen) atoms. The Hall–Kier alpha value is -2.87. The molecule has 0 atom stereocenters. The van der Waals surface area contributed by atoms with E-state index in [0.717, 1.165) is 31.2 Å². The number of benzene rings is 2. The van der Waals surface area contributed by atoms with Crippen LogP contribution in [0.5, 0.6) is 5.75 Å². The quantitative estimate of drug-likeness (QED) is 0.655. The van der Waals surface area contributed by atoms with Crippen LogP contribution in [-0.4, -0.2) is 20.4 Å². The van der Waals surface area contributed by atoms with E-state index >= 15 is 0 Å². The van der Waals surface area contributed by atoms with Gasteiger partial charge in [0.2, 0.25) is 0 Å². The lowest BCUT2D eigenvalue weighted by atomic mass is 10.1. The van der Waals surface area contributed by atoms with Crippen LogP contribution in [0.4, 0.5) is 4.39 Å². The number of halogens is 1. The molecule has 1 amide bonds. The third kappa shape index (κ3) is 3.60. The largest absolute Gasteiger partial charge is 0.489 e. The van der Waals surface area contributed by atoms with Crippen LogP contribution in [-0.2, 0) is 10.0 Å². The fraction of sp³-hybridized carbons (Fsp3) is 0.286. The van der Waals surface area contributed by atoms with Crippen LogP contribution in [0.25, 0.3) is 11.0 Å². The maximum Gasteiger partial charge on any atom is 0.300 e. The number of para-hydroxylation sites is 1. The topological polar surface area (TPSA) is 85.6 Å². The number of amides is 1. The summed E-state index contributed by atoms with van der Waals surface area (Å²) in [7, 11) is -4.19. The number of hydrogen-bond acceptors (Lipinski definition) is 5. The summed E-state index contributed by atoms with van der Waals surface area (Å²) in [4.78, 5) is 12.4. The van der Waals surface area contributed by atoms with Crippen molar-refractivity contribution < 1.29 is 26.8 Å². The summed E-state index contributed by atoms with van der Waals surface area (Å²) in [5.74, 6) is -1.20. The Labute approximate surface area is 166 Å². The second kappa shape index (κ2) is 6.59. The van der Waals surface area contributed by atoms with E-state index in [1.807, 2.05) is 4.72 Å². The second-order valence-corrected chi connectivity index (χ2v) is 9.15. The van der Waals surface area contributed by atoms with Gasteiger partial charge < -0.3 is 9.15 Å². The Kier molecular flexibility index (Phi) is 4.13. The van der Waals surface area contributed by atoms with Crippen molar-refractivity contribution in [3.05, 3.63) is 59.6 Å². The third-order valence-electron chi connectivity index (χ3n) is 5.07. The van der Waals surface area contributed by atoms with Crippen molar-refractivity contribution in [3.8, 4) is 5.75 Å². The van der Waals surface area contributed by atoms with E-state index < -0.39 is 21.7 Å². The highest BCUT2D eigenvalue weighted by molar-refractivity contribution is 7.90. The van der Waals surface area contributed by atoms with Gasteiger partial charge in [-0.05, 0) is 61.4 Å². The average Bonchev–Trinajstić information content (AvgIpc) is 3.60. The average molecular weight is 415 g/mol. The van der Waals surface area contributed by atoms with E-state index in [2.05, 4.69) is 0 Å². The first kappa shape index (κ1) is 18.2. The first-order valence-electron chi connectivity index (χ1n) is 9.46. The Morgan fingerprint density at radius 1 is 1.10 bits per heavy atom. The van der Waals surface area contributed by atoms with Crippen molar-refractivity contribution in [1.82, 2.24) is 4.72 Å². The van der Waals surface area contributed by atoms with Gasteiger partial charge in [0.25, 0.3) is 10.0 Å². The SMILES string of the molecule is O=C(NS(=O)(=O)c1ccccc1OC1CC1)c1cc2c(F)cc(C3CC3)cc2o1. The fourth-order valence-corrected chi connectivity index (χ4v) is 4.34. The second-order valence-electron chi connectivity index (χ2n) is 7.50. The normalized spacial score (nSPS) is 16.7. The maximum atomic E-state index is 14.4. The molecule has 1 aromatic heterocycles. The molecule has 2 aliphatic carbocycles. The molecule has 0 unspecified atom stereocenters. The van der Waals surface area contributed by atoms with Gasteiger partial charge in [0.15, 0.2) is 5.76 Å². The number of carbonyl (C=O) groups is 1. The number of sulfonamides is 1. The zero-order valence-electron chi connectivity index (χ0n) is 15.4. The highest BCUT2D eigenvalue weighted by atomic mass is 32.2. The maximum absolute atomic E-state index is 14.4. The van der Waals surface area contributed by atoms with E-state index in [4.69, 9.17) is 9.15 Å². The molecule has 3 aromatic rings. The number of rotatable bonds is 6. The summed E-state index contributed by atoms with van der Waals surface area (Å²) in [6.07, 6.45) is 3.74. The van der Waals surface area contributed by atoms with Crippen molar-refractivity contribution in [3.63, 3.8) is 0 Å². The monoisotopic (exact) mass is 415 g/mol. The molecule has 0 aliphatic heterocycles.